The van der Waals surface area contributed by atoms with Gasteiger partial charge in [0.2, 0.25) is 5.91 Å². The van der Waals surface area contributed by atoms with Gasteiger partial charge in [-0.05, 0) is 43.0 Å². The van der Waals surface area contributed by atoms with Gasteiger partial charge in [0.05, 0.1) is 0 Å². The number of hydrogen-bond acceptors (Lipinski definition) is 2. The molecule has 2 heterocycles. The maximum Gasteiger partial charge on any atom is 0.223 e. The molecule has 3 rings (SSSR count). The Labute approximate surface area is 108 Å². The van der Waals surface area contributed by atoms with E-state index in [4.69, 9.17) is 0 Å². The molecule has 0 radical (unpaired) electrons. The summed E-state index contributed by atoms with van der Waals surface area (Å²) in [6.45, 7) is 3.82. The lowest BCUT2D eigenvalue weighted by Gasteiger charge is -2.16. The van der Waals surface area contributed by atoms with Gasteiger partial charge in [-0.1, -0.05) is 24.3 Å². The quantitative estimate of drug-likeness (QED) is 0.881. The third-order valence-electron chi connectivity index (χ3n) is 4.12. The van der Waals surface area contributed by atoms with Crippen LogP contribution < -0.4 is 5.32 Å². The molecule has 0 aromatic heterocycles. The Bertz CT molecular complexity index is 413. The smallest absolute Gasteiger partial charge is 0.223 e. The second kappa shape index (κ2) is 5.11. The lowest BCUT2D eigenvalue weighted by atomic mass is 10.0. The van der Waals surface area contributed by atoms with Crippen molar-refractivity contribution in [3.8, 4) is 0 Å². The van der Waals surface area contributed by atoms with Crippen molar-refractivity contribution in [3.63, 3.8) is 0 Å². The molecule has 3 heteroatoms. The fourth-order valence-electron chi connectivity index (χ4n) is 2.96. The Morgan fingerprint density at radius 3 is 2.61 bits per heavy atom. The maximum absolute atomic E-state index is 12.2. The van der Waals surface area contributed by atoms with Crippen LogP contribution >= 0.6 is 0 Å². The lowest BCUT2D eigenvalue weighted by molar-refractivity contribution is -0.132. The van der Waals surface area contributed by atoms with Crippen molar-refractivity contribution in [1.29, 1.82) is 0 Å². The van der Waals surface area contributed by atoms with Gasteiger partial charge in [-0.25, -0.2) is 0 Å². The Morgan fingerprint density at radius 1 is 1.28 bits per heavy atom. The highest BCUT2D eigenvalue weighted by Gasteiger charge is 2.23. The van der Waals surface area contributed by atoms with Crippen LogP contribution in [0.2, 0.25) is 0 Å². The van der Waals surface area contributed by atoms with Crippen LogP contribution in [0.4, 0.5) is 0 Å². The van der Waals surface area contributed by atoms with Crippen LogP contribution in [0.5, 0.6) is 0 Å². The Hall–Kier alpha value is -1.35. The number of benzene rings is 1. The molecule has 1 amide bonds. The first-order valence-corrected chi connectivity index (χ1v) is 6.88. The molecule has 1 N–H and O–H groups in total. The van der Waals surface area contributed by atoms with Gasteiger partial charge >= 0.3 is 0 Å². The molecule has 2 aliphatic heterocycles. The van der Waals surface area contributed by atoms with E-state index in [2.05, 4.69) is 29.6 Å². The van der Waals surface area contributed by atoms with Crippen LogP contribution in [0.25, 0.3) is 0 Å². The van der Waals surface area contributed by atoms with E-state index in [0.717, 1.165) is 32.6 Å². The van der Waals surface area contributed by atoms with E-state index in [0.29, 0.717) is 18.2 Å². The van der Waals surface area contributed by atoms with Crippen molar-refractivity contribution in [1.82, 2.24) is 10.2 Å². The zero-order valence-corrected chi connectivity index (χ0v) is 10.7. The molecule has 1 fully saturated rings. The topological polar surface area (TPSA) is 32.3 Å². The zero-order valence-electron chi connectivity index (χ0n) is 10.7. The van der Waals surface area contributed by atoms with Crippen LogP contribution in [0.1, 0.15) is 30.4 Å². The van der Waals surface area contributed by atoms with Crippen LogP contribution in [-0.4, -0.2) is 23.9 Å². The first kappa shape index (κ1) is 11.7. The minimum absolute atomic E-state index is 0.318. The molecular formula is C15H20N2O. The third kappa shape index (κ3) is 2.41. The average molecular weight is 244 g/mol. The largest absolute Gasteiger partial charge is 0.334 e. The van der Waals surface area contributed by atoms with Gasteiger partial charge < -0.3 is 10.2 Å². The maximum atomic E-state index is 12.2. The summed E-state index contributed by atoms with van der Waals surface area (Å²) in [4.78, 5) is 14.2. The predicted molar refractivity (Wildman–Crippen MR) is 70.9 cm³/mol. The van der Waals surface area contributed by atoms with E-state index in [1.54, 1.807) is 0 Å². The molecule has 0 saturated carbocycles. The summed E-state index contributed by atoms with van der Waals surface area (Å²) in [6.07, 6.45) is 2.98. The SMILES string of the molecule is O=C(CCC1CCNC1)N1Cc2ccccc2C1. The van der Waals surface area contributed by atoms with Gasteiger partial charge in [0.15, 0.2) is 0 Å². The molecule has 1 atom stereocenters. The van der Waals surface area contributed by atoms with E-state index in [-0.39, 0.29) is 0 Å². The molecule has 0 aliphatic carbocycles. The molecule has 96 valence electrons. The molecule has 0 spiro atoms. The number of rotatable bonds is 3. The normalized spacial score (nSPS) is 22.2. The second-order valence-corrected chi connectivity index (χ2v) is 5.42. The molecule has 1 saturated heterocycles. The minimum Gasteiger partial charge on any atom is -0.334 e. The molecule has 0 bridgehead atoms. The Balaban J connectivity index is 1.52. The minimum atomic E-state index is 0.318. The van der Waals surface area contributed by atoms with E-state index >= 15 is 0 Å². The van der Waals surface area contributed by atoms with Gasteiger partial charge in [0.25, 0.3) is 0 Å². The van der Waals surface area contributed by atoms with Crippen molar-refractivity contribution in [2.45, 2.75) is 32.4 Å². The molecule has 2 aliphatic rings. The summed E-state index contributed by atoms with van der Waals surface area (Å²) < 4.78 is 0. The van der Waals surface area contributed by atoms with Gasteiger partial charge in [-0.2, -0.15) is 0 Å². The molecule has 1 aromatic carbocycles. The van der Waals surface area contributed by atoms with Crippen molar-refractivity contribution >= 4 is 5.91 Å². The number of nitrogens with zero attached hydrogens (tertiary/aromatic N) is 1. The van der Waals surface area contributed by atoms with Crippen molar-refractivity contribution in [3.05, 3.63) is 35.4 Å². The summed E-state index contributed by atoms with van der Waals surface area (Å²) in [5.41, 5.74) is 2.63. The van der Waals surface area contributed by atoms with Crippen LogP contribution in [0.3, 0.4) is 0 Å². The van der Waals surface area contributed by atoms with E-state index < -0.39 is 0 Å². The van der Waals surface area contributed by atoms with Gasteiger partial charge in [-0.15, -0.1) is 0 Å². The molecular weight excluding hydrogens is 224 g/mol. The lowest BCUT2D eigenvalue weighted by Crippen LogP contribution is -2.25. The average Bonchev–Trinajstić information content (AvgIpc) is 3.04. The zero-order chi connectivity index (χ0) is 12.4. The molecule has 1 unspecified atom stereocenters. The number of hydrogen-bond donors (Lipinski definition) is 1. The van der Waals surface area contributed by atoms with Gasteiger partial charge in [0.1, 0.15) is 0 Å². The molecule has 3 nitrogen and oxygen atoms in total. The number of carbonyl (C=O) groups is 1. The first-order valence-electron chi connectivity index (χ1n) is 6.88. The third-order valence-corrected chi connectivity index (χ3v) is 4.12. The highest BCUT2D eigenvalue weighted by Crippen LogP contribution is 2.24. The van der Waals surface area contributed by atoms with Gasteiger partial charge in [0, 0.05) is 19.5 Å². The highest BCUT2D eigenvalue weighted by atomic mass is 16.2. The fraction of sp³-hybridized carbons (Fsp3) is 0.533. The highest BCUT2D eigenvalue weighted by molar-refractivity contribution is 5.77. The van der Waals surface area contributed by atoms with Crippen molar-refractivity contribution < 1.29 is 4.79 Å². The molecule has 18 heavy (non-hydrogen) atoms. The van der Waals surface area contributed by atoms with Crippen molar-refractivity contribution in [2.24, 2.45) is 5.92 Å². The second-order valence-electron chi connectivity index (χ2n) is 5.42. The monoisotopic (exact) mass is 244 g/mol. The fourth-order valence-corrected chi connectivity index (χ4v) is 2.96. The number of carbonyl (C=O) groups excluding carboxylic acids is 1. The molecule has 1 aromatic rings. The summed E-state index contributed by atoms with van der Waals surface area (Å²) in [5, 5.41) is 3.35. The Morgan fingerprint density at radius 2 is 2.00 bits per heavy atom. The van der Waals surface area contributed by atoms with Crippen LogP contribution in [-0.2, 0) is 17.9 Å². The van der Waals surface area contributed by atoms with E-state index in [1.807, 2.05) is 4.90 Å². The summed E-state index contributed by atoms with van der Waals surface area (Å²) in [7, 11) is 0. The van der Waals surface area contributed by atoms with Gasteiger partial charge in [-0.3, -0.25) is 4.79 Å². The standard InChI is InChI=1S/C15H20N2O/c18-15(6-5-12-7-8-16-9-12)17-10-13-3-1-2-4-14(13)11-17/h1-4,12,16H,5-11H2. The first-order chi connectivity index (χ1) is 8.83. The van der Waals surface area contributed by atoms with E-state index in [9.17, 15) is 4.79 Å². The van der Waals surface area contributed by atoms with Crippen LogP contribution in [0.15, 0.2) is 24.3 Å². The summed E-state index contributed by atoms with van der Waals surface area (Å²) in [5.74, 6) is 1.03. The van der Waals surface area contributed by atoms with Crippen molar-refractivity contribution in [2.75, 3.05) is 13.1 Å². The summed E-state index contributed by atoms with van der Waals surface area (Å²) in [6, 6.07) is 8.36. The Kier molecular flexibility index (Phi) is 3.33. The predicted octanol–water partition coefficient (Wildman–Crippen LogP) is 1.92. The summed E-state index contributed by atoms with van der Waals surface area (Å²) >= 11 is 0. The van der Waals surface area contributed by atoms with Crippen LogP contribution in [0, 0.1) is 5.92 Å². The number of nitrogens with one attached hydrogen (secondary N) is 1. The number of amides is 1. The van der Waals surface area contributed by atoms with E-state index in [1.165, 1.54) is 17.5 Å². The number of fused-ring (bicyclic) bond motifs is 1.